The smallest absolute Gasteiger partial charge is 0.276 e. The number of benzene rings is 1. The van der Waals surface area contributed by atoms with Crippen LogP contribution in [0.1, 0.15) is 11.1 Å². The predicted octanol–water partition coefficient (Wildman–Crippen LogP) is 1.40. The van der Waals surface area contributed by atoms with Crippen LogP contribution in [0.25, 0.3) is 6.08 Å². The third kappa shape index (κ3) is 2.91. The molecule has 0 heterocycles. The van der Waals surface area contributed by atoms with Crippen LogP contribution in [0.4, 0.5) is 5.69 Å². The van der Waals surface area contributed by atoms with Crippen molar-refractivity contribution in [3.05, 3.63) is 45.5 Å². The van der Waals surface area contributed by atoms with E-state index in [1.165, 1.54) is 12.1 Å². The van der Waals surface area contributed by atoms with E-state index in [9.17, 15) is 14.9 Å². The van der Waals surface area contributed by atoms with Gasteiger partial charge in [-0.05, 0) is 19.1 Å². The summed E-state index contributed by atoms with van der Waals surface area (Å²) >= 11 is 0. The molecule has 2 N–H and O–H groups in total. The molecule has 0 aliphatic rings. The van der Waals surface area contributed by atoms with Crippen LogP contribution in [0.5, 0.6) is 0 Å². The van der Waals surface area contributed by atoms with E-state index < -0.39 is 10.8 Å². The first-order valence-corrected chi connectivity index (χ1v) is 4.23. The number of carbonyl (C=O) groups excluding carboxylic acids is 1. The van der Waals surface area contributed by atoms with Gasteiger partial charge in [0.05, 0.1) is 10.5 Å². The highest BCUT2D eigenvalue weighted by Crippen LogP contribution is 2.20. The minimum Gasteiger partial charge on any atom is -0.366 e. The second-order valence-electron chi connectivity index (χ2n) is 3.06. The van der Waals surface area contributed by atoms with Crippen LogP contribution in [-0.4, -0.2) is 10.8 Å². The average Bonchev–Trinajstić information content (AvgIpc) is 2.14. The summed E-state index contributed by atoms with van der Waals surface area (Å²) in [5.74, 6) is -0.634. The Morgan fingerprint density at radius 3 is 2.73 bits per heavy atom. The summed E-state index contributed by atoms with van der Waals surface area (Å²) < 4.78 is 0. The van der Waals surface area contributed by atoms with Crippen LogP contribution in [0.2, 0.25) is 0 Å². The van der Waals surface area contributed by atoms with E-state index in [2.05, 4.69) is 0 Å². The first-order chi connectivity index (χ1) is 7.00. The molecule has 0 aromatic heterocycles. The second-order valence-corrected chi connectivity index (χ2v) is 3.06. The van der Waals surface area contributed by atoms with Gasteiger partial charge >= 0.3 is 0 Å². The minimum atomic E-state index is -0.634. The van der Waals surface area contributed by atoms with Gasteiger partial charge < -0.3 is 5.73 Å². The van der Waals surface area contributed by atoms with Crippen molar-refractivity contribution in [1.29, 1.82) is 0 Å². The van der Waals surface area contributed by atoms with Gasteiger partial charge in [-0.2, -0.15) is 0 Å². The topological polar surface area (TPSA) is 86.2 Å². The van der Waals surface area contributed by atoms with E-state index in [-0.39, 0.29) is 5.69 Å². The molecule has 0 aliphatic heterocycles. The van der Waals surface area contributed by atoms with Crippen molar-refractivity contribution in [3.63, 3.8) is 0 Å². The number of nitro benzene ring substituents is 1. The molecule has 5 nitrogen and oxygen atoms in total. The van der Waals surface area contributed by atoms with E-state index in [1.54, 1.807) is 12.1 Å². The Hall–Kier alpha value is -2.17. The minimum absolute atomic E-state index is 0.0434. The molecule has 0 radical (unpaired) electrons. The zero-order valence-electron chi connectivity index (χ0n) is 8.14. The number of carbonyl (C=O) groups is 1. The Bertz CT molecular complexity index is 438. The largest absolute Gasteiger partial charge is 0.366 e. The maximum absolute atomic E-state index is 10.6. The Labute approximate surface area is 86.4 Å². The van der Waals surface area contributed by atoms with Crippen LogP contribution in [-0.2, 0) is 4.79 Å². The van der Waals surface area contributed by atoms with Crippen molar-refractivity contribution in [2.24, 2.45) is 5.73 Å². The van der Waals surface area contributed by atoms with Crippen molar-refractivity contribution < 1.29 is 9.72 Å². The number of nitrogens with zero attached hydrogens (tertiary/aromatic N) is 1. The Kier molecular flexibility index (Phi) is 3.17. The molecule has 1 rings (SSSR count). The molecule has 0 spiro atoms. The zero-order chi connectivity index (χ0) is 11.4. The summed E-state index contributed by atoms with van der Waals surface area (Å²) in [5, 5.41) is 10.6. The summed E-state index contributed by atoms with van der Waals surface area (Å²) in [5.41, 5.74) is 6.12. The molecular formula is C10H10N2O3. The van der Waals surface area contributed by atoms with Gasteiger partial charge in [-0.25, -0.2) is 0 Å². The predicted molar refractivity (Wildman–Crippen MR) is 56.1 cm³/mol. The highest BCUT2D eigenvalue weighted by atomic mass is 16.6. The lowest BCUT2D eigenvalue weighted by molar-refractivity contribution is -0.385. The Morgan fingerprint density at radius 2 is 2.20 bits per heavy atom. The fourth-order valence-corrected chi connectivity index (χ4v) is 1.15. The average molecular weight is 206 g/mol. The maximum atomic E-state index is 10.6. The van der Waals surface area contributed by atoms with Crippen molar-refractivity contribution in [3.8, 4) is 0 Å². The van der Waals surface area contributed by atoms with Crippen LogP contribution < -0.4 is 5.73 Å². The van der Waals surface area contributed by atoms with Crippen LogP contribution in [0.15, 0.2) is 24.3 Å². The van der Waals surface area contributed by atoms with Gasteiger partial charge in [-0.15, -0.1) is 0 Å². The molecule has 0 atom stereocenters. The number of hydrogen-bond donors (Lipinski definition) is 1. The van der Waals surface area contributed by atoms with Crippen LogP contribution in [0.3, 0.4) is 0 Å². The third-order valence-electron chi connectivity index (χ3n) is 1.81. The molecule has 0 bridgehead atoms. The summed E-state index contributed by atoms with van der Waals surface area (Å²) in [6.07, 6.45) is 2.44. The van der Waals surface area contributed by atoms with Gasteiger partial charge in [0, 0.05) is 12.1 Å². The zero-order valence-corrected chi connectivity index (χ0v) is 8.14. The SMILES string of the molecule is Cc1ccc([N+](=O)[O-])c(C=CC(N)=O)c1. The summed E-state index contributed by atoms with van der Waals surface area (Å²) in [7, 11) is 0. The Balaban J connectivity index is 3.18. The second kappa shape index (κ2) is 4.36. The van der Waals surface area contributed by atoms with Crippen molar-refractivity contribution in [1.82, 2.24) is 0 Å². The molecular weight excluding hydrogens is 196 g/mol. The monoisotopic (exact) mass is 206 g/mol. The molecule has 5 heteroatoms. The summed E-state index contributed by atoms with van der Waals surface area (Å²) in [6.45, 7) is 1.81. The number of hydrogen-bond acceptors (Lipinski definition) is 3. The van der Waals surface area contributed by atoms with E-state index >= 15 is 0 Å². The van der Waals surface area contributed by atoms with Gasteiger partial charge in [0.15, 0.2) is 0 Å². The van der Waals surface area contributed by atoms with Gasteiger partial charge in [0.2, 0.25) is 5.91 Å². The molecule has 1 amide bonds. The lowest BCUT2D eigenvalue weighted by Crippen LogP contribution is -2.05. The standard InChI is InChI=1S/C10H10N2O3/c1-7-2-4-9(12(14)15)8(6-7)3-5-10(11)13/h2-6H,1H3,(H2,11,13). The fourth-order valence-electron chi connectivity index (χ4n) is 1.15. The molecule has 0 unspecified atom stereocenters. The fraction of sp³-hybridized carbons (Fsp3) is 0.100. The first-order valence-electron chi connectivity index (χ1n) is 4.23. The normalized spacial score (nSPS) is 10.5. The van der Waals surface area contributed by atoms with Crippen LogP contribution in [0, 0.1) is 17.0 Å². The number of aryl methyl sites for hydroxylation is 1. The van der Waals surface area contributed by atoms with E-state index in [0.29, 0.717) is 5.56 Å². The third-order valence-corrected chi connectivity index (χ3v) is 1.81. The van der Waals surface area contributed by atoms with Gasteiger partial charge in [0.25, 0.3) is 5.69 Å². The molecule has 1 aromatic rings. The molecule has 0 saturated carbocycles. The van der Waals surface area contributed by atoms with Crippen LogP contribution >= 0.6 is 0 Å². The molecule has 0 saturated heterocycles. The molecule has 0 fully saturated rings. The van der Waals surface area contributed by atoms with Gasteiger partial charge in [0.1, 0.15) is 0 Å². The number of primary amides is 1. The highest BCUT2D eigenvalue weighted by molar-refractivity contribution is 5.90. The maximum Gasteiger partial charge on any atom is 0.276 e. The summed E-state index contributed by atoms with van der Waals surface area (Å²) in [4.78, 5) is 20.6. The number of amides is 1. The lowest BCUT2D eigenvalue weighted by atomic mass is 10.1. The number of nitro groups is 1. The van der Waals surface area contributed by atoms with E-state index in [4.69, 9.17) is 5.73 Å². The van der Waals surface area contributed by atoms with Crippen molar-refractivity contribution in [2.45, 2.75) is 6.92 Å². The van der Waals surface area contributed by atoms with E-state index in [1.807, 2.05) is 6.92 Å². The molecule has 0 aliphatic carbocycles. The quantitative estimate of drug-likeness (QED) is 0.460. The van der Waals surface area contributed by atoms with Gasteiger partial charge in [-0.1, -0.05) is 11.6 Å². The number of nitrogens with two attached hydrogens (primary N) is 1. The Morgan fingerprint density at radius 1 is 1.53 bits per heavy atom. The molecule has 78 valence electrons. The highest BCUT2D eigenvalue weighted by Gasteiger charge is 2.10. The van der Waals surface area contributed by atoms with Gasteiger partial charge in [-0.3, -0.25) is 14.9 Å². The first kappa shape index (κ1) is 10.9. The number of rotatable bonds is 3. The molecule has 15 heavy (non-hydrogen) atoms. The van der Waals surface area contributed by atoms with Crippen molar-refractivity contribution in [2.75, 3.05) is 0 Å². The van der Waals surface area contributed by atoms with Crippen molar-refractivity contribution >= 4 is 17.7 Å². The lowest BCUT2D eigenvalue weighted by Gasteiger charge is -1.98. The molecule has 1 aromatic carbocycles. The summed E-state index contributed by atoms with van der Waals surface area (Å²) in [6, 6.07) is 4.66. The van der Waals surface area contributed by atoms with E-state index in [0.717, 1.165) is 11.6 Å².